The number of rotatable bonds is 2. The normalized spacial score (nSPS) is 12.5. The van der Waals surface area contributed by atoms with Gasteiger partial charge in [0.2, 0.25) is 0 Å². The third kappa shape index (κ3) is 2.26. The summed E-state index contributed by atoms with van der Waals surface area (Å²) in [4.78, 5) is 9.16. The van der Waals surface area contributed by atoms with E-state index in [1.807, 2.05) is 57.2 Å². The minimum absolute atomic E-state index is 0.793. The van der Waals surface area contributed by atoms with Crippen molar-refractivity contribution in [2.24, 2.45) is 0 Å². The van der Waals surface area contributed by atoms with Crippen molar-refractivity contribution in [1.82, 2.24) is 9.97 Å². The van der Waals surface area contributed by atoms with Crippen molar-refractivity contribution in [2.75, 3.05) is 0 Å². The number of aryl methyl sites for hydroxylation is 1. The van der Waals surface area contributed by atoms with Crippen molar-refractivity contribution in [2.45, 2.75) is 20.8 Å². The van der Waals surface area contributed by atoms with E-state index in [0.717, 1.165) is 28.0 Å². The molecule has 0 atom stereocenters. The molecule has 2 rings (SSSR count). The highest BCUT2D eigenvalue weighted by atomic mass is 14.9. The molecule has 2 nitrogen and oxygen atoms in total. The maximum absolute atomic E-state index is 4.60. The third-order valence-corrected chi connectivity index (χ3v) is 2.71. The second kappa shape index (κ2) is 4.91. The van der Waals surface area contributed by atoms with Gasteiger partial charge in [-0.25, -0.2) is 9.97 Å². The van der Waals surface area contributed by atoms with Gasteiger partial charge in [0, 0.05) is 16.7 Å². The number of para-hydroxylation sites is 1. The molecule has 0 bridgehead atoms. The van der Waals surface area contributed by atoms with Crippen LogP contribution in [-0.2, 0) is 0 Å². The Hall–Kier alpha value is -1.96. The SMILES string of the molecule is C/C=C\C(=C/C)c1nc(C)c2ccccc2n1. The monoisotopic (exact) mass is 224 g/mol. The molecule has 2 heteroatoms. The van der Waals surface area contributed by atoms with Gasteiger partial charge in [-0.1, -0.05) is 36.4 Å². The van der Waals surface area contributed by atoms with Crippen LogP contribution in [0.5, 0.6) is 0 Å². The van der Waals surface area contributed by atoms with Crippen LogP contribution in [0.4, 0.5) is 0 Å². The Labute approximate surface area is 102 Å². The molecule has 0 saturated heterocycles. The molecule has 1 heterocycles. The highest BCUT2D eigenvalue weighted by molar-refractivity contribution is 5.83. The minimum atomic E-state index is 0.793. The molecule has 2 aromatic rings. The molecule has 0 radical (unpaired) electrons. The number of hydrogen-bond acceptors (Lipinski definition) is 2. The van der Waals surface area contributed by atoms with Gasteiger partial charge in [-0.15, -0.1) is 0 Å². The Kier molecular flexibility index (Phi) is 3.33. The van der Waals surface area contributed by atoms with E-state index in [9.17, 15) is 0 Å². The first-order chi connectivity index (χ1) is 8.26. The second-order valence-corrected chi connectivity index (χ2v) is 3.89. The Bertz CT molecular complexity index is 595. The summed E-state index contributed by atoms with van der Waals surface area (Å²) >= 11 is 0. The van der Waals surface area contributed by atoms with E-state index in [4.69, 9.17) is 0 Å². The summed E-state index contributed by atoms with van der Waals surface area (Å²) in [5, 5.41) is 1.12. The lowest BCUT2D eigenvalue weighted by molar-refractivity contribution is 1.11. The van der Waals surface area contributed by atoms with Gasteiger partial charge in [0.15, 0.2) is 5.82 Å². The zero-order valence-corrected chi connectivity index (χ0v) is 10.4. The maximum atomic E-state index is 4.60. The number of allylic oxidation sites excluding steroid dienone is 4. The molecule has 86 valence electrons. The molecule has 0 aliphatic carbocycles. The lowest BCUT2D eigenvalue weighted by Crippen LogP contribution is -1.96. The Balaban J connectivity index is 2.65. The van der Waals surface area contributed by atoms with Crippen LogP contribution >= 0.6 is 0 Å². The lowest BCUT2D eigenvalue weighted by Gasteiger charge is -2.05. The van der Waals surface area contributed by atoms with Crippen LogP contribution in [0.25, 0.3) is 16.5 Å². The first-order valence-corrected chi connectivity index (χ1v) is 5.79. The molecule has 0 N–H and O–H groups in total. The van der Waals surface area contributed by atoms with Crippen molar-refractivity contribution in [3.8, 4) is 0 Å². The number of aromatic nitrogens is 2. The number of fused-ring (bicyclic) bond motifs is 1. The van der Waals surface area contributed by atoms with Gasteiger partial charge < -0.3 is 0 Å². The number of benzene rings is 1. The van der Waals surface area contributed by atoms with Gasteiger partial charge in [0.1, 0.15) is 0 Å². The molecule has 0 fully saturated rings. The molecule has 1 aromatic carbocycles. The van der Waals surface area contributed by atoms with Crippen LogP contribution in [0.1, 0.15) is 25.4 Å². The van der Waals surface area contributed by atoms with Gasteiger partial charge >= 0.3 is 0 Å². The van der Waals surface area contributed by atoms with Crippen molar-refractivity contribution < 1.29 is 0 Å². The first-order valence-electron chi connectivity index (χ1n) is 5.79. The lowest BCUT2D eigenvalue weighted by atomic mass is 10.1. The Morgan fingerprint density at radius 1 is 1.12 bits per heavy atom. The Morgan fingerprint density at radius 2 is 1.88 bits per heavy atom. The average molecular weight is 224 g/mol. The van der Waals surface area contributed by atoms with Crippen molar-refractivity contribution in [3.63, 3.8) is 0 Å². The highest BCUT2D eigenvalue weighted by Gasteiger charge is 2.05. The minimum Gasteiger partial charge on any atom is -0.233 e. The molecule has 1 aromatic heterocycles. The molecular weight excluding hydrogens is 208 g/mol. The van der Waals surface area contributed by atoms with E-state index in [1.54, 1.807) is 0 Å². The summed E-state index contributed by atoms with van der Waals surface area (Å²) in [6, 6.07) is 8.10. The Morgan fingerprint density at radius 3 is 2.59 bits per heavy atom. The van der Waals surface area contributed by atoms with E-state index in [0.29, 0.717) is 0 Å². The van der Waals surface area contributed by atoms with Crippen molar-refractivity contribution in [1.29, 1.82) is 0 Å². The van der Waals surface area contributed by atoms with E-state index >= 15 is 0 Å². The summed E-state index contributed by atoms with van der Waals surface area (Å²) in [5.74, 6) is 0.793. The highest BCUT2D eigenvalue weighted by Crippen LogP contribution is 2.19. The van der Waals surface area contributed by atoms with Gasteiger partial charge in [0.25, 0.3) is 0 Å². The predicted octanol–water partition coefficient (Wildman–Crippen LogP) is 3.92. The van der Waals surface area contributed by atoms with Gasteiger partial charge in [-0.3, -0.25) is 0 Å². The van der Waals surface area contributed by atoms with E-state index in [2.05, 4.69) is 16.0 Å². The largest absolute Gasteiger partial charge is 0.233 e. The van der Waals surface area contributed by atoms with Gasteiger partial charge in [0.05, 0.1) is 5.52 Å². The van der Waals surface area contributed by atoms with E-state index in [-0.39, 0.29) is 0 Å². The maximum Gasteiger partial charge on any atom is 0.159 e. The molecular formula is C15H16N2. The summed E-state index contributed by atoms with van der Waals surface area (Å²) < 4.78 is 0. The fourth-order valence-corrected chi connectivity index (χ4v) is 1.84. The predicted molar refractivity (Wildman–Crippen MR) is 72.7 cm³/mol. The third-order valence-electron chi connectivity index (χ3n) is 2.71. The molecule has 0 unspecified atom stereocenters. The van der Waals surface area contributed by atoms with Crippen LogP contribution in [0.3, 0.4) is 0 Å². The second-order valence-electron chi connectivity index (χ2n) is 3.89. The first kappa shape index (κ1) is 11.5. The zero-order chi connectivity index (χ0) is 12.3. The van der Waals surface area contributed by atoms with Crippen LogP contribution in [0, 0.1) is 6.92 Å². The summed E-state index contributed by atoms with van der Waals surface area (Å²) in [7, 11) is 0. The molecule has 0 amide bonds. The van der Waals surface area contributed by atoms with E-state index in [1.165, 1.54) is 0 Å². The number of nitrogens with zero attached hydrogens (tertiary/aromatic N) is 2. The van der Waals surface area contributed by atoms with Gasteiger partial charge in [-0.2, -0.15) is 0 Å². The average Bonchev–Trinajstić information content (AvgIpc) is 2.36. The quantitative estimate of drug-likeness (QED) is 0.722. The van der Waals surface area contributed by atoms with Crippen LogP contribution in [0.2, 0.25) is 0 Å². The molecule has 0 aliphatic heterocycles. The number of hydrogen-bond donors (Lipinski definition) is 0. The topological polar surface area (TPSA) is 25.8 Å². The van der Waals surface area contributed by atoms with Crippen LogP contribution < -0.4 is 0 Å². The molecule has 0 spiro atoms. The fourth-order valence-electron chi connectivity index (χ4n) is 1.84. The van der Waals surface area contributed by atoms with Gasteiger partial charge in [-0.05, 0) is 26.8 Å². The van der Waals surface area contributed by atoms with Crippen LogP contribution in [0.15, 0.2) is 42.5 Å². The van der Waals surface area contributed by atoms with E-state index < -0.39 is 0 Å². The summed E-state index contributed by atoms with van der Waals surface area (Å²) in [6.45, 7) is 6.02. The summed E-state index contributed by atoms with van der Waals surface area (Å²) in [5.41, 5.74) is 3.08. The van der Waals surface area contributed by atoms with Crippen LogP contribution in [-0.4, -0.2) is 9.97 Å². The smallest absolute Gasteiger partial charge is 0.159 e. The van der Waals surface area contributed by atoms with Crippen molar-refractivity contribution >= 4 is 16.5 Å². The standard InChI is InChI=1S/C15H16N2/c1-4-8-12(5-2)15-16-11(3)13-9-6-7-10-14(13)17-15/h4-10H,1-3H3/b8-4-,12-5+. The summed E-state index contributed by atoms with van der Waals surface area (Å²) in [6.07, 6.45) is 6.07. The molecule has 0 aliphatic rings. The fraction of sp³-hybridized carbons (Fsp3) is 0.200. The molecule has 0 saturated carbocycles. The zero-order valence-electron chi connectivity index (χ0n) is 10.4. The van der Waals surface area contributed by atoms with Crippen molar-refractivity contribution in [3.05, 3.63) is 54.0 Å². The molecule has 17 heavy (non-hydrogen) atoms.